The molecule has 0 heterocycles. The minimum atomic E-state index is -0.110. The van der Waals surface area contributed by atoms with Gasteiger partial charge >= 0.3 is 5.97 Å². The highest BCUT2D eigenvalue weighted by molar-refractivity contribution is 5.68. The number of carbonyl (C=O) groups is 1. The van der Waals surface area contributed by atoms with E-state index >= 15 is 0 Å². The smallest absolute Gasteiger partial charge is 0.305 e. The lowest BCUT2D eigenvalue weighted by molar-refractivity contribution is -0.140. The summed E-state index contributed by atoms with van der Waals surface area (Å²) >= 11 is 0. The van der Waals surface area contributed by atoms with E-state index in [1.807, 2.05) is 0 Å². The second-order valence-corrected chi connectivity index (χ2v) is 3.03. The topological polar surface area (TPSA) is 26.3 Å². The molecule has 1 aliphatic carbocycles. The number of rotatable bonds is 5. The summed E-state index contributed by atoms with van der Waals surface area (Å²) in [4.78, 5) is 10.7. The normalized spacial score (nSPS) is 16.8. The SMILES string of the molecule is COC(=O)CCCC=CC1[CH]C1. The fourth-order valence-corrected chi connectivity index (χ4v) is 0.973. The Balaban J connectivity index is 1.91. The van der Waals surface area contributed by atoms with E-state index in [4.69, 9.17) is 0 Å². The van der Waals surface area contributed by atoms with E-state index in [0.717, 1.165) is 18.8 Å². The molecule has 0 aromatic heterocycles. The van der Waals surface area contributed by atoms with Gasteiger partial charge in [0.05, 0.1) is 7.11 Å². The van der Waals surface area contributed by atoms with E-state index in [9.17, 15) is 4.79 Å². The number of esters is 1. The largest absolute Gasteiger partial charge is 0.469 e. The van der Waals surface area contributed by atoms with Gasteiger partial charge in [-0.15, -0.1) is 0 Å². The lowest BCUT2D eigenvalue weighted by Gasteiger charge is -1.95. The summed E-state index contributed by atoms with van der Waals surface area (Å²) in [5.41, 5.74) is 0. The molecule has 0 aromatic carbocycles. The Bertz CT molecular complexity index is 169. The molecule has 12 heavy (non-hydrogen) atoms. The minimum absolute atomic E-state index is 0.110. The zero-order valence-corrected chi connectivity index (χ0v) is 7.45. The van der Waals surface area contributed by atoms with Crippen LogP contribution in [0.25, 0.3) is 0 Å². The molecule has 0 N–H and O–H groups in total. The molecular weight excluding hydrogens is 152 g/mol. The van der Waals surface area contributed by atoms with Gasteiger partial charge in [-0.1, -0.05) is 12.2 Å². The summed E-state index contributed by atoms with van der Waals surface area (Å²) in [6, 6.07) is 0. The van der Waals surface area contributed by atoms with Gasteiger partial charge in [-0.2, -0.15) is 0 Å². The van der Waals surface area contributed by atoms with Crippen LogP contribution in [-0.2, 0) is 9.53 Å². The molecule has 2 heteroatoms. The lowest BCUT2D eigenvalue weighted by atomic mass is 10.2. The highest BCUT2D eigenvalue weighted by Gasteiger charge is 2.17. The van der Waals surface area contributed by atoms with E-state index in [1.165, 1.54) is 13.5 Å². The molecule has 67 valence electrons. The molecule has 1 unspecified atom stereocenters. The predicted octanol–water partition coefficient (Wildman–Crippen LogP) is 2.11. The van der Waals surface area contributed by atoms with E-state index < -0.39 is 0 Å². The molecular formula is C10H15O2. The molecule has 0 aromatic rings. The maximum Gasteiger partial charge on any atom is 0.305 e. The quantitative estimate of drug-likeness (QED) is 0.356. The Kier molecular flexibility index (Phi) is 3.85. The number of carbonyl (C=O) groups excluding carboxylic acids is 1. The van der Waals surface area contributed by atoms with Crippen molar-refractivity contribution in [3.63, 3.8) is 0 Å². The average molecular weight is 167 g/mol. The van der Waals surface area contributed by atoms with Crippen LogP contribution < -0.4 is 0 Å². The number of hydrogen-bond donors (Lipinski definition) is 0. The van der Waals surface area contributed by atoms with Crippen molar-refractivity contribution in [3.05, 3.63) is 18.6 Å². The fourth-order valence-electron chi connectivity index (χ4n) is 0.973. The Morgan fingerprint density at radius 2 is 2.50 bits per heavy atom. The van der Waals surface area contributed by atoms with Crippen LogP contribution in [0.5, 0.6) is 0 Å². The maximum atomic E-state index is 10.7. The van der Waals surface area contributed by atoms with Crippen molar-refractivity contribution in [2.24, 2.45) is 5.92 Å². The first kappa shape index (κ1) is 9.30. The highest BCUT2D eigenvalue weighted by atomic mass is 16.5. The summed E-state index contributed by atoms with van der Waals surface area (Å²) in [5.74, 6) is 0.615. The van der Waals surface area contributed by atoms with E-state index in [0.29, 0.717) is 6.42 Å². The van der Waals surface area contributed by atoms with Crippen LogP contribution in [0, 0.1) is 12.3 Å². The Morgan fingerprint density at radius 3 is 3.08 bits per heavy atom. The summed E-state index contributed by atoms with van der Waals surface area (Å²) in [6.07, 6.45) is 10.3. The molecule has 2 nitrogen and oxygen atoms in total. The van der Waals surface area contributed by atoms with Gasteiger partial charge < -0.3 is 4.74 Å². The second-order valence-electron chi connectivity index (χ2n) is 3.03. The van der Waals surface area contributed by atoms with Crippen LogP contribution in [0.3, 0.4) is 0 Å². The minimum Gasteiger partial charge on any atom is -0.469 e. The van der Waals surface area contributed by atoms with Gasteiger partial charge in [-0.25, -0.2) is 0 Å². The van der Waals surface area contributed by atoms with Gasteiger partial charge in [-0.3, -0.25) is 4.79 Å². The standard InChI is InChI=1S/C10H15O2/c1-12-10(11)6-4-2-3-5-9-7-8-9/h3,5,7,9H,2,4,6,8H2,1H3. The van der Waals surface area contributed by atoms with Gasteiger partial charge in [-0.05, 0) is 31.6 Å². The molecule has 1 saturated carbocycles. The number of unbranched alkanes of at least 4 members (excludes halogenated alkanes) is 1. The predicted molar refractivity (Wildman–Crippen MR) is 47.4 cm³/mol. The van der Waals surface area contributed by atoms with Gasteiger partial charge in [0.15, 0.2) is 0 Å². The first-order chi connectivity index (χ1) is 5.83. The van der Waals surface area contributed by atoms with E-state index in [2.05, 4.69) is 23.3 Å². The molecule has 0 bridgehead atoms. The summed E-state index contributed by atoms with van der Waals surface area (Å²) in [7, 11) is 1.43. The second kappa shape index (κ2) is 4.96. The van der Waals surface area contributed by atoms with Crippen molar-refractivity contribution >= 4 is 5.97 Å². The summed E-state index contributed by atoms with van der Waals surface area (Å²) in [5, 5.41) is 0. The van der Waals surface area contributed by atoms with Gasteiger partial charge in [0, 0.05) is 6.42 Å². The van der Waals surface area contributed by atoms with Crippen LogP contribution in [0.15, 0.2) is 12.2 Å². The number of allylic oxidation sites excluding steroid dienone is 2. The van der Waals surface area contributed by atoms with Crippen LogP contribution in [0.1, 0.15) is 25.7 Å². The molecule has 1 aliphatic rings. The molecule has 0 saturated heterocycles. The highest BCUT2D eigenvalue weighted by Crippen LogP contribution is 2.28. The Labute approximate surface area is 73.6 Å². The third-order valence-electron chi connectivity index (χ3n) is 1.87. The molecule has 1 rings (SSSR count). The fraction of sp³-hybridized carbons (Fsp3) is 0.600. The van der Waals surface area contributed by atoms with Gasteiger partial charge in [0.2, 0.25) is 0 Å². The Hall–Kier alpha value is -0.790. The van der Waals surface area contributed by atoms with E-state index in [1.54, 1.807) is 0 Å². The number of ether oxygens (including phenoxy) is 1. The van der Waals surface area contributed by atoms with Crippen LogP contribution in [-0.4, -0.2) is 13.1 Å². The molecule has 0 amide bonds. The third-order valence-corrected chi connectivity index (χ3v) is 1.87. The zero-order valence-electron chi connectivity index (χ0n) is 7.45. The molecule has 0 spiro atoms. The molecule has 1 radical (unpaired) electrons. The monoisotopic (exact) mass is 167 g/mol. The number of hydrogen-bond acceptors (Lipinski definition) is 2. The summed E-state index contributed by atoms with van der Waals surface area (Å²) < 4.78 is 4.52. The molecule has 0 aliphatic heterocycles. The Morgan fingerprint density at radius 1 is 1.75 bits per heavy atom. The lowest BCUT2D eigenvalue weighted by Crippen LogP contribution is -1.98. The van der Waals surface area contributed by atoms with Crippen LogP contribution in [0.2, 0.25) is 0 Å². The van der Waals surface area contributed by atoms with Crippen molar-refractivity contribution in [2.75, 3.05) is 7.11 Å². The third kappa shape index (κ3) is 4.16. The average Bonchev–Trinajstić information content (AvgIpc) is 2.87. The van der Waals surface area contributed by atoms with Crippen molar-refractivity contribution in [1.29, 1.82) is 0 Å². The van der Waals surface area contributed by atoms with Crippen LogP contribution in [0.4, 0.5) is 0 Å². The van der Waals surface area contributed by atoms with Crippen molar-refractivity contribution in [2.45, 2.75) is 25.7 Å². The number of methoxy groups -OCH3 is 1. The summed E-state index contributed by atoms with van der Waals surface area (Å²) in [6.45, 7) is 0. The van der Waals surface area contributed by atoms with Crippen molar-refractivity contribution < 1.29 is 9.53 Å². The molecule has 1 atom stereocenters. The first-order valence-corrected chi connectivity index (χ1v) is 4.39. The van der Waals surface area contributed by atoms with Gasteiger partial charge in [0.1, 0.15) is 0 Å². The van der Waals surface area contributed by atoms with E-state index in [-0.39, 0.29) is 5.97 Å². The van der Waals surface area contributed by atoms with Crippen molar-refractivity contribution in [1.82, 2.24) is 0 Å². The van der Waals surface area contributed by atoms with Crippen LogP contribution >= 0.6 is 0 Å². The van der Waals surface area contributed by atoms with Crippen molar-refractivity contribution in [3.8, 4) is 0 Å². The molecule has 1 fully saturated rings. The first-order valence-electron chi connectivity index (χ1n) is 4.39. The van der Waals surface area contributed by atoms with Gasteiger partial charge in [0.25, 0.3) is 0 Å². The maximum absolute atomic E-state index is 10.7. The zero-order chi connectivity index (χ0) is 8.81.